The fourth-order valence-electron chi connectivity index (χ4n) is 2.47. The first-order valence-electron chi connectivity index (χ1n) is 8.35. The third kappa shape index (κ3) is 4.75. The lowest BCUT2D eigenvalue weighted by molar-refractivity contribution is -0.137. The average molecular weight is 405 g/mol. The second-order valence-corrected chi connectivity index (χ2v) is 5.98. The lowest BCUT2D eigenvalue weighted by atomic mass is 10.1. The number of halogens is 2. The summed E-state index contributed by atoms with van der Waals surface area (Å²) in [6.07, 6.45) is 5.58. The van der Waals surface area contributed by atoms with E-state index in [1.165, 1.54) is 49.6 Å². The zero-order valence-corrected chi connectivity index (χ0v) is 15.5. The lowest BCUT2D eigenvalue weighted by Gasteiger charge is -2.12. The molecule has 3 rings (SSSR count). The van der Waals surface area contributed by atoms with E-state index in [0.717, 1.165) is 0 Å². The highest BCUT2D eigenvalue weighted by Crippen LogP contribution is 2.27. The molecule has 9 nitrogen and oxygen atoms in total. The van der Waals surface area contributed by atoms with Gasteiger partial charge in [0.1, 0.15) is 19.0 Å². The summed E-state index contributed by atoms with van der Waals surface area (Å²) in [6.45, 7) is 0.864. The van der Waals surface area contributed by atoms with Crippen LogP contribution in [0.4, 0.5) is 20.4 Å². The maximum atomic E-state index is 14.3. The minimum absolute atomic E-state index is 0.0678. The number of nitrogens with one attached hydrogen (secondary N) is 1. The molecule has 2 aromatic heterocycles. The maximum Gasteiger partial charge on any atom is 0.325 e. The van der Waals surface area contributed by atoms with Gasteiger partial charge < -0.3 is 19.9 Å². The highest BCUT2D eigenvalue weighted by Gasteiger charge is 2.18. The van der Waals surface area contributed by atoms with Crippen LogP contribution in [0.1, 0.15) is 11.1 Å². The van der Waals surface area contributed by atoms with Gasteiger partial charge in [-0.3, -0.25) is 9.48 Å². The summed E-state index contributed by atoms with van der Waals surface area (Å²) in [5, 5.41) is 15.5. The van der Waals surface area contributed by atoms with Crippen LogP contribution in [-0.2, 0) is 17.9 Å². The minimum atomic E-state index is -1.02. The molecule has 2 N–H and O–H groups in total. The zero-order chi connectivity index (χ0) is 21.0. The van der Waals surface area contributed by atoms with Gasteiger partial charge in [-0.15, -0.1) is 0 Å². The number of hydrogen-bond acceptors (Lipinski definition) is 7. The fourth-order valence-corrected chi connectivity index (χ4v) is 2.47. The Morgan fingerprint density at radius 2 is 1.97 bits per heavy atom. The molecule has 0 bridgehead atoms. The molecule has 152 valence electrons. The molecule has 11 heteroatoms. The molecule has 29 heavy (non-hydrogen) atoms. The van der Waals surface area contributed by atoms with Crippen LogP contribution >= 0.6 is 0 Å². The van der Waals surface area contributed by atoms with Crippen LogP contribution in [0, 0.1) is 18.6 Å². The van der Waals surface area contributed by atoms with Crippen LogP contribution in [0.2, 0.25) is 0 Å². The molecule has 0 aliphatic carbocycles. The van der Waals surface area contributed by atoms with Gasteiger partial charge in [0.15, 0.2) is 17.3 Å². The number of methoxy groups -OCH3 is 1. The summed E-state index contributed by atoms with van der Waals surface area (Å²) >= 11 is 0. The molecule has 0 radical (unpaired) electrons. The number of hydrogen-bond donors (Lipinski definition) is 2. The van der Waals surface area contributed by atoms with E-state index in [-0.39, 0.29) is 41.7 Å². The molecule has 0 spiro atoms. The Labute approximate surface area is 163 Å². The van der Waals surface area contributed by atoms with Gasteiger partial charge in [-0.1, -0.05) is 0 Å². The number of benzene rings is 1. The zero-order valence-electron chi connectivity index (χ0n) is 15.5. The number of carboxylic acid groups (broad SMARTS) is 1. The Morgan fingerprint density at radius 1 is 1.24 bits per heavy atom. The summed E-state index contributed by atoms with van der Waals surface area (Å²) < 4.78 is 40.0. The average Bonchev–Trinajstić information content (AvgIpc) is 3.12. The van der Waals surface area contributed by atoms with Crippen molar-refractivity contribution in [2.45, 2.75) is 20.1 Å². The predicted octanol–water partition coefficient (Wildman–Crippen LogP) is 2.68. The Kier molecular flexibility index (Phi) is 5.86. The van der Waals surface area contributed by atoms with Crippen molar-refractivity contribution in [2.75, 3.05) is 12.4 Å². The van der Waals surface area contributed by atoms with E-state index >= 15 is 0 Å². The third-order valence-electron chi connectivity index (χ3n) is 3.86. The molecular formula is C18H17F2N5O4. The van der Waals surface area contributed by atoms with Gasteiger partial charge in [-0.25, -0.2) is 18.7 Å². The first-order valence-corrected chi connectivity index (χ1v) is 8.35. The standard InChI is InChI=1S/C18H17F2N5O4/c1-10-3-14(28-2)17(20)13(16(10)19)9-29-12-5-21-18(22-6-12)24-11-4-23-25(7-11)8-15(26)27/h3-7H,8-9H2,1-2H3,(H,26,27)(H,21,22,24). The maximum absolute atomic E-state index is 14.3. The summed E-state index contributed by atoms with van der Waals surface area (Å²) in [5.41, 5.74) is 0.479. The smallest absolute Gasteiger partial charge is 0.325 e. The van der Waals surface area contributed by atoms with Crippen molar-refractivity contribution in [3.8, 4) is 11.5 Å². The minimum Gasteiger partial charge on any atom is -0.494 e. The van der Waals surface area contributed by atoms with Gasteiger partial charge in [0.25, 0.3) is 0 Å². The molecule has 1 aromatic carbocycles. The molecule has 0 fully saturated rings. The molecule has 0 unspecified atom stereocenters. The van der Waals surface area contributed by atoms with Crippen LogP contribution in [-0.4, -0.2) is 37.9 Å². The normalized spacial score (nSPS) is 10.6. The molecule has 0 amide bonds. The van der Waals surface area contributed by atoms with E-state index in [4.69, 9.17) is 14.6 Å². The Hall–Kier alpha value is -3.76. The highest BCUT2D eigenvalue weighted by molar-refractivity contribution is 5.66. The molecule has 0 aliphatic rings. The number of aryl methyl sites for hydroxylation is 1. The van der Waals surface area contributed by atoms with Crippen LogP contribution < -0.4 is 14.8 Å². The van der Waals surface area contributed by atoms with Crippen LogP contribution in [0.25, 0.3) is 0 Å². The van der Waals surface area contributed by atoms with Gasteiger partial charge in [0.05, 0.1) is 37.0 Å². The molecule has 0 atom stereocenters. The van der Waals surface area contributed by atoms with Crippen molar-refractivity contribution in [1.29, 1.82) is 0 Å². The number of aliphatic carboxylic acids is 1. The summed E-state index contributed by atoms with van der Waals surface area (Å²) in [5.74, 6) is -2.20. The monoisotopic (exact) mass is 405 g/mol. The number of ether oxygens (including phenoxy) is 2. The van der Waals surface area contributed by atoms with Crippen molar-refractivity contribution in [2.24, 2.45) is 0 Å². The van der Waals surface area contributed by atoms with Gasteiger partial charge >= 0.3 is 5.97 Å². The van der Waals surface area contributed by atoms with Crippen LogP contribution in [0.5, 0.6) is 11.5 Å². The topological polar surface area (TPSA) is 111 Å². The van der Waals surface area contributed by atoms with Gasteiger partial charge in [0.2, 0.25) is 5.95 Å². The quantitative estimate of drug-likeness (QED) is 0.588. The Bertz CT molecular complexity index is 1020. The molecule has 2 heterocycles. The Balaban J connectivity index is 1.65. The van der Waals surface area contributed by atoms with Gasteiger partial charge in [-0.2, -0.15) is 5.10 Å². The van der Waals surface area contributed by atoms with Crippen molar-refractivity contribution < 1.29 is 28.2 Å². The first-order chi connectivity index (χ1) is 13.9. The first kappa shape index (κ1) is 20.0. The number of anilines is 2. The molecule has 0 saturated heterocycles. The number of carbonyl (C=O) groups is 1. The second kappa shape index (κ2) is 8.50. The molecule has 0 aliphatic heterocycles. The largest absolute Gasteiger partial charge is 0.494 e. The summed E-state index contributed by atoms with van der Waals surface area (Å²) in [6, 6.07) is 1.27. The van der Waals surface area contributed by atoms with Crippen molar-refractivity contribution >= 4 is 17.6 Å². The van der Waals surface area contributed by atoms with Crippen LogP contribution in [0.3, 0.4) is 0 Å². The van der Waals surface area contributed by atoms with E-state index in [0.29, 0.717) is 5.69 Å². The second-order valence-electron chi connectivity index (χ2n) is 5.98. The Morgan fingerprint density at radius 3 is 2.62 bits per heavy atom. The van der Waals surface area contributed by atoms with Gasteiger partial charge in [-0.05, 0) is 18.6 Å². The van der Waals surface area contributed by atoms with E-state index in [1.807, 2.05) is 0 Å². The molecule has 3 aromatic rings. The summed E-state index contributed by atoms with van der Waals surface area (Å²) in [7, 11) is 1.30. The van der Waals surface area contributed by atoms with Crippen LogP contribution in [0.15, 0.2) is 30.9 Å². The van der Waals surface area contributed by atoms with E-state index in [2.05, 4.69) is 20.4 Å². The lowest BCUT2D eigenvalue weighted by Crippen LogP contribution is -2.08. The predicted molar refractivity (Wildman–Crippen MR) is 97.2 cm³/mol. The number of nitrogens with zero attached hydrogens (tertiary/aromatic N) is 4. The van der Waals surface area contributed by atoms with Crippen molar-refractivity contribution in [3.63, 3.8) is 0 Å². The van der Waals surface area contributed by atoms with Crippen molar-refractivity contribution in [3.05, 3.63) is 53.6 Å². The number of rotatable bonds is 8. The van der Waals surface area contributed by atoms with E-state index < -0.39 is 17.6 Å². The van der Waals surface area contributed by atoms with Crippen molar-refractivity contribution in [1.82, 2.24) is 19.7 Å². The molecule has 0 saturated carbocycles. The highest BCUT2D eigenvalue weighted by atomic mass is 19.1. The van der Waals surface area contributed by atoms with Gasteiger partial charge in [0, 0.05) is 6.20 Å². The number of carboxylic acids is 1. The third-order valence-corrected chi connectivity index (χ3v) is 3.86. The molecular weight excluding hydrogens is 388 g/mol. The SMILES string of the molecule is COc1cc(C)c(F)c(COc2cnc(Nc3cnn(CC(=O)O)c3)nc2)c1F. The van der Waals surface area contributed by atoms with E-state index in [1.54, 1.807) is 0 Å². The summed E-state index contributed by atoms with van der Waals surface area (Å²) in [4.78, 5) is 18.7. The number of aromatic nitrogens is 4. The van der Waals surface area contributed by atoms with E-state index in [9.17, 15) is 13.6 Å². The fraction of sp³-hybridized carbons (Fsp3) is 0.222.